The topological polar surface area (TPSA) is 56.8 Å². The third kappa shape index (κ3) is 8.41. The van der Waals surface area contributed by atoms with Gasteiger partial charge in [0.25, 0.3) is 5.91 Å². The summed E-state index contributed by atoms with van der Waals surface area (Å²) in [4.78, 5) is 17.1. The third-order valence-corrected chi connectivity index (χ3v) is 5.03. The largest absolute Gasteiger partial charge is 0.366 e. The van der Waals surface area contributed by atoms with Crippen molar-refractivity contribution in [1.82, 2.24) is 20.4 Å². The molecule has 2 heterocycles. The first kappa shape index (κ1) is 27.4. The van der Waals surface area contributed by atoms with E-state index in [1.807, 2.05) is 0 Å². The Bertz CT molecular complexity index is 549. The molecule has 3 rings (SSSR count). The van der Waals surface area contributed by atoms with Crippen LogP contribution in [0.2, 0.25) is 0 Å². The monoisotopic (exact) mass is 454 g/mol. The Labute approximate surface area is 187 Å². The van der Waals surface area contributed by atoms with Crippen molar-refractivity contribution in [2.24, 2.45) is 0 Å². The molecule has 1 amide bonds. The van der Waals surface area contributed by atoms with E-state index >= 15 is 0 Å². The van der Waals surface area contributed by atoms with Crippen LogP contribution in [0.3, 0.4) is 0 Å². The number of ether oxygens (including phenoxy) is 1. The zero-order valence-corrected chi connectivity index (χ0v) is 18.8. The van der Waals surface area contributed by atoms with Gasteiger partial charge >= 0.3 is 0 Å². The van der Waals surface area contributed by atoms with Crippen LogP contribution in [-0.2, 0) is 22.6 Å². The predicted octanol–water partition coefficient (Wildman–Crippen LogP) is 1.69. The number of morpholine rings is 1. The number of rotatable bonds is 6. The van der Waals surface area contributed by atoms with Gasteiger partial charge in [-0.1, -0.05) is 31.2 Å². The van der Waals surface area contributed by atoms with Crippen LogP contribution >= 0.6 is 37.2 Å². The molecule has 1 atom stereocenters. The summed E-state index contributed by atoms with van der Waals surface area (Å²) in [6, 6.07) is 8.56. The van der Waals surface area contributed by atoms with Crippen LogP contribution in [-0.4, -0.2) is 74.2 Å². The van der Waals surface area contributed by atoms with Gasteiger partial charge in [-0.2, -0.15) is 0 Å². The maximum Gasteiger partial charge on any atom is 0.250 e. The molecule has 162 valence electrons. The molecule has 2 saturated heterocycles. The second-order valence-electron chi connectivity index (χ2n) is 6.81. The molecule has 1 aromatic rings. The Hall–Kier alpha value is -0.600. The number of halogens is 3. The fourth-order valence-electron chi connectivity index (χ4n) is 3.32. The Morgan fingerprint density at radius 2 is 1.68 bits per heavy atom. The second kappa shape index (κ2) is 14.4. The van der Waals surface area contributed by atoms with Crippen molar-refractivity contribution in [2.75, 3.05) is 52.4 Å². The molecule has 2 aliphatic rings. The Morgan fingerprint density at radius 3 is 2.25 bits per heavy atom. The van der Waals surface area contributed by atoms with Crippen LogP contribution in [0.4, 0.5) is 0 Å². The van der Waals surface area contributed by atoms with Crippen molar-refractivity contribution >= 4 is 43.1 Å². The summed E-state index contributed by atoms with van der Waals surface area (Å²) in [6.07, 6.45) is -0.366. The molecular formula is C19H33Cl3N4O2. The molecule has 2 N–H and O–H groups in total. The zero-order valence-electron chi connectivity index (χ0n) is 16.4. The summed E-state index contributed by atoms with van der Waals surface area (Å²) in [7, 11) is 0. The first-order valence-electron chi connectivity index (χ1n) is 9.37. The molecule has 2 fully saturated rings. The van der Waals surface area contributed by atoms with Gasteiger partial charge < -0.3 is 20.3 Å². The van der Waals surface area contributed by atoms with E-state index in [0.29, 0.717) is 19.7 Å². The summed E-state index contributed by atoms with van der Waals surface area (Å²) in [5.41, 5.74) is 2.46. The van der Waals surface area contributed by atoms with E-state index in [0.717, 1.165) is 38.3 Å². The lowest BCUT2D eigenvalue weighted by Gasteiger charge is -2.34. The minimum atomic E-state index is -0.366. The number of nitrogens with one attached hydrogen (secondary N) is 2. The van der Waals surface area contributed by atoms with Crippen molar-refractivity contribution in [1.29, 1.82) is 0 Å². The number of nitrogens with zero attached hydrogens (tertiary/aromatic N) is 2. The van der Waals surface area contributed by atoms with Crippen molar-refractivity contribution < 1.29 is 9.53 Å². The quantitative estimate of drug-likeness (QED) is 0.684. The summed E-state index contributed by atoms with van der Waals surface area (Å²) in [5, 5.41) is 6.13. The molecule has 6 nitrogen and oxygen atoms in total. The summed E-state index contributed by atoms with van der Waals surface area (Å²) >= 11 is 0. The highest BCUT2D eigenvalue weighted by Crippen LogP contribution is 2.10. The fraction of sp³-hybridized carbons (Fsp3) is 0.632. The zero-order chi connectivity index (χ0) is 17.5. The number of carbonyl (C=O) groups is 1. The Kier molecular flexibility index (Phi) is 14.1. The van der Waals surface area contributed by atoms with Crippen LogP contribution in [0.25, 0.3) is 0 Å². The van der Waals surface area contributed by atoms with Crippen molar-refractivity contribution in [2.45, 2.75) is 26.1 Å². The average molecular weight is 456 g/mol. The maximum atomic E-state index is 12.1. The molecule has 0 aromatic heterocycles. The average Bonchev–Trinajstić information content (AvgIpc) is 2.68. The fourth-order valence-corrected chi connectivity index (χ4v) is 3.32. The molecule has 0 radical (unpaired) electrons. The highest BCUT2D eigenvalue weighted by Gasteiger charge is 2.21. The van der Waals surface area contributed by atoms with Gasteiger partial charge in [-0.25, -0.2) is 0 Å². The van der Waals surface area contributed by atoms with Crippen molar-refractivity contribution in [3.05, 3.63) is 35.4 Å². The molecule has 0 aliphatic carbocycles. The summed E-state index contributed by atoms with van der Waals surface area (Å²) in [6.45, 7) is 11.5. The SMILES string of the molecule is CCN1CCN(Cc2ccc(CNC(=O)C3CNCCO3)cc2)CC1.Cl.Cl.Cl. The lowest BCUT2D eigenvalue weighted by atomic mass is 10.1. The predicted molar refractivity (Wildman–Crippen MR) is 120 cm³/mol. The second-order valence-corrected chi connectivity index (χ2v) is 6.81. The Morgan fingerprint density at radius 1 is 1.07 bits per heavy atom. The van der Waals surface area contributed by atoms with Gasteiger partial charge in [0.05, 0.1) is 6.61 Å². The van der Waals surface area contributed by atoms with E-state index in [1.54, 1.807) is 0 Å². The van der Waals surface area contributed by atoms with Crippen LogP contribution in [0.15, 0.2) is 24.3 Å². The smallest absolute Gasteiger partial charge is 0.250 e. The highest BCUT2D eigenvalue weighted by molar-refractivity contribution is 5.86. The van der Waals surface area contributed by atoms with Gasteiger partial charge in [0, 0.05) is 52.4 Å². The molecule has 9 heteroatoms. The van der Waals surface area contributed by atoms with Crippen LogP contribution in [0, 0.1) is 0 Å². The van der Waals surface area contributed by atoms with Crippen molar-refractivity contribution in [3.8, 4) is 0 Å². The molecular weight excluding hydrogens is 423 g/mol. The van der Waals surface area contributed by atoms with Gasteiger partial charge in [-0.05, 0) is 17.7 Å². The number of hydrogen-bond donors (Lipinski definition) is 2. The van der Waals surface area contributed by atoms with Gasteiger partial charge in [0.1, 0.15) is 6.10 Å². The molecule has 0 saturated carbocycles. The van der Waals surface area contributed by atoms with Crippen LogP contribution < -0.4 is 10.6 Å². The minimum Gasteiger partial charge on any atom is -0.366 e. The number of likely N-dealkylation sites (N-methyl/N-ethyl adjacent to an activating group) is 1. The van der Waals surface area contributed by atoms with Gasteiger partial charge in [-0.15, -0.1) is 37.2 Å². The van der Waals surface area contributed by atoms with Gasteiger partial charge in [0.2, 0.25) is 0 Å². The first-order valence-corrected chi connectivity index (χ1v) is 9.37. The van der Waals surface area contributed by atoms with E-state index < -0.39 is 0 Å². The molecule has 0 bridgehead atoms. The number of amides is 1. The molecule has 1 aromatic carbocycles. The standard InChI is InChI=1S/C19H30N4O2.3ClH/c1-2-22-8-10-23(11-9-22)15-17-5-3-16(4-6-17)13-21-19(24)18-14-20-7-12-25-18;;;/h3-6,18,20H,2,7-15H2,1H3,(H,21,24);3*1H. The van der Waals surface area contributed by atoms with Crippen molar-refractivity contribution in [3.63, 3.8) is 0 Å². The lowest BCUT2D eigenvalue weighted by molar-refractivity contribution is -0.134. The highest BCUT2D eigenvalue weighted by atomic mass is 35.5. The molecule has 0 spiro atoms. The summed E-state index contributed by atoms with van der Waals surface area (Å²) < 4.78 is 5.46. The Balaban J connectivity index is 0.00000243. The first-order chi connectivity index (χ1) is 12.2. The third-order valence-electron chi connectivity index (χ3n) is 5.03. The van der Waals surface area contributed by atoms with E-state index in [1.165, 1.54) is 18.7 Å². The van der Waals surface area contributed by atoms with Gasteiger partial charge in [-0.3, -0.25) is 9.69 Å². The number of piperazine rings is 1. The van der Waals surface area contributed by atoms with Gasteiger partial charge in [0.15, 0.2) is 0 Å². The van der Waals surface area contributed by atoms with E-state index in [-0.39, 0.29) is 49.2 Å². The van der Waals surface area contributed by atoms with E-state index in [4.69, 9.17) is 4.74 Å². The van der Waals surface area contributed by atoms with Crippen LogP contribution in [0.5, 0.6) is 0 Å². The number of benzene rings is 1. The number of hydrogen-bond acceptors (Lipinski definition) is 5. The molecule has 1 unspecified atom stereocenters. The molecule has 2 aliphatic heterocycles. The maximum absolute atomic E-state index is 12.1. The lowest BCUT2D eigenvalue weighted by Crippen LogP contribution is -2.47. The number of carbonyl (C=O) groups excluding carboxylic acids is 1. The minimum absolute atomic E-state index is 0. The molecule has 28 heavy (non-hydrogen) atoms. The van der Waals surface area contributed by atoms with E-state index in [2.05, 4.69) is 51.6 Å². The van der Waals surface area contributed by atoms with E-state index in [9.17, 15) is 4.79 Å². The summed E-state index contributed by atoms with van der Waals surface area (Å²) in [5.74, 6) is -0.0370. The normalized spacial score (nSPS) is 20.2. The van der Waals surface area contributed by atoms with Crippen LogP contribution in [0.1, 0.15) is 18.1 Å².